The molecular weight excluding hydrogens is 278 g/mol. The Morgan fingerprint density at radius 3 is 2.71 bits per heavy atom. The lowest BCUT2D eigenvalue weighted by Gasteiger charge is -2.02. The van der Waals surface area contributed by atoms with E-state index < -0.39 is 0 Å². The van der Waals surface area contributed by atoms with E-state index in [1.807, 2.05) is 35.1 Å². The van der Waals surface area contributed by atoms with Gasteiger partial charge in [-0.25, -0.2) is 0 Å². The number of hydrogen-bond donors (Lipinski definition) is 0. The molecule has 104 valence electrons. The monoisotopic (exact) mass is 293 g/mol. The van der Waals surface area contributed by atoms with Gasteiger partial charge in [-0.3, -0.25) is 4.68 Å². The summed E-state index contributed by atoms with van der Waals surface area (Å²) in [6, 6.07) is 18.5. The summed E-state index contributed by atoms with van der Waals surface area (Å²) in [5, 5.41) is 13.4. The number of nitrogens with zero attached hydrogens (tertiary/aromatic N) is 3. The van der Waals surface area contributed by atoms with Gasteiger partial charge in [0.25, 0.3) is 0 Å². The van der Waals surface area contributed by atoms with Crippen molar-refractivity contribution in [3.8, 4) is 16.6 Å². The van der Waals surface area contributed by atoms with Gasteiger partial charge in [0.2, 0.25) is 0 Å². The normalized spacial score (nSPS) is 10.4. The van der Waals surface area contributed by atoms with E-state index in [4.69, 9.17) is 5.26 Å². The van der Waals surface area contributed by atoms with Crippen LogP contribution in [0.3, 0.4) is 0 Å². The van der Waals surface area contributed by atoms with Crippen LogP contribution in [0.5, 0.6) is 0 Å². The fourth-order valence-corrected chi connectivity index (χ4v) is 3.01. The maximum absolute atomic E-state index is 8.86. The lowest BCUT2D eigenvalue weighted by molar-refractivity contribution is 0.580. The molecule has 0 fully saturated rings. The van der Waals surface area contributed by atoms with Crippen LogP contribution in [0.2, 0.25) is 0 Å². The van der Waals surface area contributed by atoms with Crippen molar-refractivity contribution in [1.29, 1.82) is 5.26 Å². The second-order valence-electron chi connectivity index (χ2n) is 4.83. The fourth-order valence-electron chi connectivity index (χ4n) is 2.24. The molecule has 0 radical (unpaired) electrons. The molecule has 0 spiro atoms. The molecule has 0 aliphatic heterocycles. The van der Waals surface area contributed by atoms with E-state index in [1.165, 1.54) is 16.9 Å². The number of hydrogen-bond acceptors (Lipinski definition) is 3. The van der Waals surface area contributed by atoms with Crippen LogP contribution < -0.4 is 0 Å². The van der Waals surface area contributed by atoms with Crippen LogP contribution >= 0.6 is 11.3 Å². The third-order valence-corrected chi connectivity index (χ3v) is 4.32. The highest BCUT2D eigenvalue weighted by Crippen LogP contribution is 2.26. The van der Waals surface area contributed by atoms with Crippen molar-refractivity contribution in [3.05, 3.63) is 65.2 Å². The van der Waals surface area contributed by atoms with Crippen molar-refractivity contribution in [3.63, 3.8) is 0 Å². The van der Waals surface area contributed by atoms with Crippen LogP contribution in [0.15, 0.2) is 54.7 Å². The molecular formula is C17H15N3S. The molecule has 0 amide bonds. The quantitative estimate of drug-likeness (QED) is 0.710. The molecule has 3 rings (SSSR count). The molecule has 0 aliphatic carbocycles. The smallest absolute Gasteiger partial charge is 0.110 e. The van der Waals surface area contributed by atoms with E-state index in [1.54, 1.807) is 0 Å². The predicted octanol–water partition coefficient (Wildman–Crippen LogP) is 4.12. The maximum atomic E-state index is 8.86. The van der Waals surface area contributed by atoms with Crippen molar-refractivity contribution in [1.82, 2.24) is 9.78 Å². The first-order valence-corrected chi connectivity index (χ1v) is 7.74. The third kappa shape index (κ3) is 3.39. The molecule has 21 heavy (non-hydrogen) atoms. The Kier molecular flexibility index (Phi) is 4.13. The van der Waals surface area contributed by atoms with Crippen LogP contribution in [0.4, 0.5) is 0 Å². The zero-order valence-electron chi connectivity index (χ0n) is 11.6. The van der Waals surface area contributed by atoms with E-state index in [9.17, 15) is 0 Å². The average molecular weight is 293 g/mol. The summed E-state index contributed by atoms with van der Waals surface area (Å²) in [6.07, 6.45) is 4.14. The minimum Gasteiger partial charge on any atom is -0.272 e. The van der Waals surface area contributed by atoms with E-state index in [-0.39, 0.29) is 0 Å². The first-order chi connectivity index (χ1) is 10.3. The highest BCUT2D eigenvalue weighted by atomic mass is 32.1. The molecule has 2 aromatic heterocycles. The molecule has 0 saturated carbocycles. The zero-order chi connectivity index (χ0) is 14.5. The Morgan fingerprint density at radius 2 is 1.95 bits per heavy atom. The van der Waals surface area contributed by atoms with Crippen molar-refractivity contribution in [2.45, 2.75) is 19.4 Å². The molecule has 3 aromatic rings. The molecule has 0 bridgehead atoms. The Bertz CT molecular complexity index is 750. The third-order valence-electron chi connectivity index (χ3n) is 3.30. The van der Waals surface area contributed by atoms with Gasteiger partial charge >= 0.3 is 0 Å². The van der Waals surface area contributed by atoms with E-state index in [0.717, 1.165) is 34.8 Å². The second-order valence-corrected chi connectivity index (χ2v) is 5.91. The Morgan fingerprint density at radius 1 is 1.10 bits per heavy atom. The van der Waals surface area contributed by atoms with Gasteiger partial charge in [-0.1, -0.05) is 30.3 Å². The van der Waals surface area contributed by atoms with Gasteiger partial charge < -0.3 is 0 Å². The number of rotatable bonds is 5. The molecule has 4 heteroatoms. The minimum atomic E-state index is 0.726. The number of aryl methyl sites for hydroxylation is 2. The van der Waals surface area contributed by atoms with Gasteiger partial charge in [0.1, 0.15) is 16.6 Å². The van der Waals surface area contributed by atoms with Gasteiger partial charge in [-0.05, 0) is 36.6 Å². The van der Waals surface area contributed by atoms with Crippen molar-refractivity contribution >= 4 is 11.3 Å². The molecule has 0 N–H and O–H groups in total. The van der Waals surface area contributed by atoms with Gasteiger partial charge in [-0.15, -0.1) is 11.3 Å². The van der Waals surface area contributed by atoms with E-state index >= 15 is 0 Å². The fraction of sp³-hybridized carbons (Fsp3) is 0.176. The molecule has 3 nitrogen and oxygen atoms in total. The van der Waals surface area contributed by atoms with Crippen LogP contribution in [-0.4, -0.2) is 9.78 Å². The SMILES string of the molecule is N#Cc1ccc(-c2ccn(CCCc3ccccc3)n2)s1. The van der Waals surface area contributed by atoms with Gasteiger partial charge in [0.15, 0.2) is 0 Å². The summed E-state index contributed by atoms with van der Waals surface area (Å²) >= 11 is 1.48. The maximum Gasteiger partial charge on any atom is 0.110 e. The summed E-state index contributed by atoms with van der Waals surface area (Å²) in [4.78, 5) is 1.77. The summed E-state index contributed by atoms with van der Waals surface area (Å²) in [6.45, 7) is 0.908. The molecule has 0 aliphatic rings. The van der Waals surface area contributed by atoms with Gasteiger partial charge in [-0.2, -0.15) is 10.4 Å². The molecule has 2 heterocycles. The molecule has 0 saturated heterocycles. The Labute approximate surface area is 128 Å². The lowest BCUT2D eigenvalue weighted by Crippen LogP contribution is -2.00. The topological polar surface area (TPSA) is 41.6 Å². The van der Waals surface area contributed by atoms with Crippen LogP contribution in [0, 0.1) is 11.3 Å². The van der Waals surface area contributed by atoms with Gasteiger partial charge in [0.05, 0.1) is 4.88 Å². The van der Waals surface area contributed by atoms with Crippen molar-refractivity contribution in [2.75, 3.05) is 0 Å². The Hall–Kier alpha value is -2.38. The molecule has 0 atom stereocenters. The zero-order valence-corrected chi connectivity index (χ0v) is 12.4. The lowest BCUT2D eigenvalue weighted by atomic mass is 10.1. The minimum absolute atomic E-state index is 0.726. The standard InChI is InChI=1S/C17H15N3S/c18-13-15-8-9-17(21-15)16-10-12-20(19-16)11-4-7-14-5-2-1-3-6-14/h1-3,5-6,8-10,12H,4,7,11H2. The highest BCUT2D eigenvalue weighted by molar-refractivity contribution is 7.15. The number of benzene rings is 1. The predicted molar refractivity (Wildman–Crippen MR) is 85.0 cm³/mol. The average Bonchev–Trinajstić information content (AvgIpc) is 3.17. The number of nitriles is 1. The molecule has 0 unspecified atom stereocenters. The molecule has 1 aromatic carbocycles. The van der Waals surface area contributed by atoms with Gasteiger partial charge in [0, 0.05) is 12.7 Å². The van der Waals surface area contributed by atoms with Crippen LogP contribution in [0.1, 0.15) is 16.9 Å². The summed E-state index contributed by atoms with van der Waals surface area (Å²) in [5.41, 5.74) is 2.31. The van der Waals surface area contributed by atoms with Crippen molar-refractivity contribution < 1.29 is 0 Å². The first-order valence-electron chi connectivity index (χ1n) is 6.93. The van der Waals surface area contributed by atoms with E-state index in [0.29, 0.717) is 0 Å². The first kappa shape index (κ1) is 13.6. The highest BCUT2D eigenvalue weighted by Gasteiger charge is 2.06. The summed E-state index contributed by atoms with van der Waals surface area (Å²) in [7, 11) is 0. The summed E-state index contributed by atoms with van der Waals surface area (Å²) < 4.78 is 1.98. The largest absolute Gasteiger partial charge is 0.272 e. The Balaban J connectivity index is 1.59. The number of thiophene rings is 1. The van der Waals surface area contributed by atoms with Crippen molar-refractivity contribution in [2.24, 2.45) is 0 Å². The van der Waals surface area contributed by atoms with Crippen LogP contribution in [-0.2, 0) is 13.0 Å². The van der Waals surface area contributed by atoms with Crippen LogP contribution in [0.25, 0.3) is 10.6 Å². The summed E-state index contributed by atoms with van der Waals surface area (Å²) in [5.74, 6) is 0. The van der Waals surface area contributed by atoms with E-state index in [2.05, 4.69) is 35.4 Å². The second kappa shape index (κ2) is 6.38. The number of aromatic nitrogens is 2.